The molecule has 0 saturated heterocycles. The fourth-order valence-corrected chi connectivity index (χ4v) is 2.64. The zero-order chi connectivity index (χ0) is 12.1. The molecule has 0 bridgehead atoms. The van der Waals surface area contributed by atoms with Crippen molar-refractivity contribution >= 4 is 15.9 Å². The molecule has 1 heteroatoms. The molecule has 0 N–H and O–H groups in total. The Balaban J connectivity index is 2.87. The number of hydrogen-bond acceptors (Lipinski definition) is 0. The third-order valence-corrected chi connectivity index (χ3v) is 4.67. The summed E-state index contributed by atoms with van der Waals surface area (Å²) in [6.07, 6.45) is 1.25. The van der Waals surface area contributed by atoms with E-state index in [1.54, 1.807) is 0 Å². The molecule has 0 radical (unpaired) electrons. The molecule has 0 spiro atoms. The summed E-state index contributed by atoms with van der Waals surface area (Å²) in [4.78, 5) is 0.567. The van der Waals surface area contributed by atoms with Crippen LogP contribution in [0.5, 0.6) is 0 Å². The minimum absolute atomic E-state index is 0.567. The molecule has 90 valence electrons. The van der Waals surface area contributed by atoms with Crippen LogP contribution >= 0.6 is 15.9 Å². The van der Waals surface area contributed by atoms with Gasteiger partial charge in [-0.2, -0.15) is 0 Å². The summed E-state index contributed by atoms with van der Waals surface area (Å²) in [5.74, 6) is 2.04. The van der Waals surface area contributed by atoms with Crippen molar-refractivity contribution in [3.8, 4) is 0 Å². The number of alkyl halides is 1. The first-order valence-electron chi connectivity index (χ1n) is 6.21. The Kier molecular flexibility index (Phi) is 5.54. The van der Waals surface area contributed by atoms with Gasteiger partial charge in [-0.25, -0.2) is 0 Å². The molecule has 1 aromatic carbocycles. The first-order valence-corrected chi connectivity index (χ1v) is 7.13. The number of benzene rings is 1. The smallest absolute Gasteiger partial charge is 0.0237 e. The molecule has 0 aliphatic rings. The van der Waals surface area contributed by atoms with Gasteiger partial charge < -0.3 is 0 Å². The van der Waals surface area contributed by atoms with Gasteiger partial charge in [0.2, 0.25) is 0 Å². The van der Waals surface area contributed by atoms with Gasteiger partial charge >= 0.3 is 0 Å². The fourth-order valence-electron chi connectivity index (χ4n) is 2.12. The molecule has 2 atom stereocenters. The maximum absolute atomic E-state index is 3.87. The highest BCUT2D eigenvalue weighted by molar-refractivity contribution is 9.09. The Labute approximate surface area is 109 Å². The molecular weight excluding hydrogens is 260 g/mol. The predicted octanol–water partition coefficient (Wildman–Crippen LogP) is 5.24. The van der Waals surface area contributed by atoms with Crippen LogP contribution in [0.15, 0.2) is 30.3 Å². The average Bonchev–Trinajstić information content (AvgIpc) is 2.26. The van der Waals surface area contributed by atoms with E-state index in [0.29, 0.717) is 16.7 Å². The van der Waals surface area contributed by atoms with E-state index in [4.69, 9.17) is 0 Å². The Morgan fingerprint density at radius 1 is 1.00 bits per heavy atom. The number of rotatable bonds is 5. The van der Waals surface area contributed by atoms with Crippen molar-refractivity contribution in [2.45, 2.75) is 44.9 Å². The van der Waals surface area contributed by atoms with E-state index >= 15 is 0 Å². The first-order chi connectivity index (χ1) is 7.52. The van der Waals surface area contributed by atoms with E-state index in [1.807, 2.05) is 0 Å². The van der Waals surface area contributed by atoms with Gasteiger partial charge in [0.1, 0.15) is 0 Å². The third-order valence-electron chi connectivity index (χ3n) is 2.97. The summed E-state index contributed by atoms with van der Waals surface area (Å²) < 4.78 is 0. The van der Waals surface area contributed by atoms with E-state index in [9.17, 15) is 0 Å². The predicted molar refractivity (Wildman–Crippen MR) is 76.2 cm³/mol. The van der Waals surface area contributed by atoms with Crippen LogP contribution in [0.4, 0.5) is 0 Å². The lowest BCUT2D eigenvalue weighted by atomic mass is 9.84. The lowest BCUT2D eigenvalue weighted by molar-refractivity contribution is 0.440. The van der Waals surface area contributed by atoms with Crippen LogP contribution in [0.3, 0.4) is 0 Å². The highest BCUT2D eigenvalue weighted by Crippen LogP contribution is 2.35. The largest absolute Gasteiger partial charge is 0.0881 e. The topological polar surface area (TPSA) is 0 Å². The van der Waals surface area contributed by atoms with Crippen molar-refractivity contribution in [2.75, 3.05) is 0 Å². The highest BCUT2D eigenvalue weighted by atomic mass is 79.9. The summed E-state index contributed by atoms with van der Waals surface area (Å²) >= 11 is 3.87. The Morgan fingerprint density at radius 2 is 1.56 bits per heavy atom. The van der Waals surface area contributed by atoms with Crippen LogP contribution in [-0.4, -0.2) is 4.83 Å². The molecule has 0 nitrogen and oxygen atoms in total. The molecular formula is C15H23Br. The van der Waals surface area contributed by atoms with Crippen LogP contribution in [0.25, 0.3) is 0 Å². The Bertz CT molecular complexity index is 290. The number of hydrogen-bond donors (Lipinski definition) is 0. The normalized spacial score (nSPS) is 15.4. The summed E-state index contributed by atoms with van der Waals surface area (Å²) in [6.45, 7) is 9.18. The summed E-state index contributed by atoms with van der Waals surface area (Å²) in [5, 5.41) is 0. The van der Waals surface area contributed by atoms with Gasteiger partial charge in [0, 0.05) is 4.83 Å². The minimum Gasteiger partial charge on any atom is -0.0881 e. The van der Waals surface area contributed by atoms with Crippen molar-refractivity contribution in [3.05, 3.63) is 35.9 Å². The van der Waals surface area contributed by atoms with Crippen LogP contribution in [-0.2, 0) is 0 Å². The van der Waals surface area contributed by atoms with Crippen LogP contribution in [0.2, 0.25) is 0 Å². The monoisotopic (exact) mass is 282 g/mol. The first kappa shape index (κ1) is 13.8. The maximum Gasteiger partial charge on any atom is 0.0237 e. The second kappa shape index (κ2) is 6.44. The van der Waals surface area contributed by atoms with Crippen LogP contribution in [0.1, 0.15) is 45.6 Å². The molecule has 1 rings (SSSR count). The SMILES string of the molecule is CC(C)CC(c1ccccc1)C(Br)C(C)C. The maximum atomic E-state index is 3.87. The summed E-state index contributed by atoms with van der Waals surface area (Å²) in [6, 6.07) is 10.9. The van der Waals surface area contributed by atoms with Crippen LogP contribution < -0.4 is 0 Å². The van der Waals surface area contributed by atoms with Gasteiger partial charge in [-0.3, -0.25) is 0 Å². The summed E-state index contributed by atoms with van der Waals surface area (Å²) in [5.41, 5.74) is 1.46. The zero-order valence-electron chi connectivity index (χ0n) is 10.8. The molecule has 2 unspecified atom stereocenters. The van der Waals surface area contributed by atoms with Crippen molar-refractivity contribution in [1.82, 2.24) is 0 Å². The van der Waals surface area contributed by atoms with Crippen molar-refractivity contribution < 1.29 is 0 Å². The van der Waals surface area contributed by atoms with Crippen molar-refractivity contribution in [3.63, 3.8) is 0 Å². The molecule has 0 aliphatic carbocycles. The molecule has 0 saturated carbocycles. The van der Waals surface area contributed by atoms with Crippen LogP contribution in [0, 0.1) is 11.8 Å². The standard InChI is InChI=1S/C15H23Br/c1-11(2)10-14(15(16)12(3)4)13-8-6-5-7-9-13/h5-9,11-12,14-15H,10H2,1-4H3. The van der Waals surface area contributed by atoms with E-state index < -0.39 is 0 Å². The Hall–Kier alpha value is -0.300. The Morgan fingerprint density at radius 3 is 2.00 bits per heavy atom. The fraction of sp³-hybridized carbons (Fsp3) is 0.600. The van der Waals surface area contributed by atoms with Crippen molar-refractivity contribution in [2.24, 2.45) is 11.8 Å². The van der Waals surface area contributed by atoms with E-state index in [0.717, 1.165) is 5.92 Å². The zero-order valence-corrected chi connectivity index (χ0v) is 12.4. The van der Waals surface area contributed by atoms with Gasteiger partial charge in [0.05, 0.1) is 0 Å². The molecule has 16 heavy (non-hydrogen) atoms. The molecule has 0 heterocycles. The van der Waals surface area contributed by atoms with E-state index in [1.165, 1.54) is 12.0 Å². The molecule has 0 aliphatic heterocycles. The molecule has 0 fully saturated rings. The second-order valence-electron chi connectivity index (χ2n) is 5.34. The van der Waals surface area contributed by atoms with Gasteiger partial charge in [0.15, 0.2) is 0 Å². The third kappa shape index (κ3) is 3.93. The lowest BCUT2D eigenvalue weighted by Gasteiger charge is -2.27. The lowest BCUT2D eigenvalue weighted by Crippen LogP contribution is -2.20. The summed E-state index contributed by atoms with van der Waals surface area (Å²) in [7, 11) is 0. The van der Waals surface area contributed by atoms with E-state index in [2.05, 4.69) is 74.0 Å². The highest BCUT2D eigenvalue weighted by Gasteiger charge is 2.24. The molecule has 0 aromatic heterocycles. The van der Waals surface area contributed by atoms with Gasteiger partial charge in [0.25, 0.3) is 0 Å². The van der Waals surface area contributed by atoms with Gasteiger partial charge in [-0.1, -0.05) is 74.0 Å². The van der Waals surface area contributed by atoms with Gasteiger partial charge in [-0.05, 0) is 29.7 Å². The second-order valence-corrected chi connectivity index (χ2v) is 6.39. The molecule has 1 aromatic rings. The average molecular weight is 283 g/mol. The van der Waals surface area contributed by atoms with E-state index in [-0.39, 0.29) is 0 Å². The quantitative estimate of drug-likeness (QED) is 0.648. The molecule has 0 amide bonds. The minimum atomic E-state index is 0.567. The van der Waals surface area contributed by atoms with Gasteiger partial charge in [-0.15, -0.1) is 0 Å². The number of halogens is 1. The van der Waals surface area contributed by atoms with Crippen molar-refractivity contribution in [1.29, 1.82) is 0 Å².